The second-order valence-electron chi connectivity index (χ2n) is 7.28. The Morgan fingerprint density at radius 2 is 1.68 bits per heavy atom. The van der Waals surface area contributed by atoms with Gasteiger partial charge in [-0.25, -0.2) is 0 Å². The summed E-state index contributed by atoms with van der Waals surface area (Å²) in [7, 11) is 0. The van der Waals surface area contributed by atoms with Gasteiger partial charge in [0.05, 0.1) is 0 Å². The van der Waals surface area contributed by atoms with E-state index in [2.05, 4.69) is 41.4 Å². The zero-order chi connectivity index (χ0) is 17.6. The van der Waals surface area contributed by atoms with Crippen LogP contribution in [0, 0.1) is 6.92 Å². The molecule has 0 bridgehead atoms. The first-order valence-corrected chi connectivity index (χ1v) is 9.55. The second-order valence-corrected chi connectivity index (χ2v) is 7.28. The zero-order valence-corrected chi connectivity index (χ0v) is 15.2. The van der Waals surface area contributed by atoms with Crippen LogP contribution in [0.2, 0.25) is 0 Å². The Bertz CT molecular complexity index is 601. The summed E-state index contributed by atoms with van der Waals surface area (Å²) in [5.41, 5.74) is 2.42. The van der Waals surface area contributed by atoms with Gasteiger partial charge in [0.25, 0.3) is 0 Å². The standard InChI is InChI=1S/C20H29N3O2/c1-16-7-6-10-18(15-16)22-11-13-23(14-12-22)20(25)19(24)21-17-8-4-2-3-5-9-17/h6-7,10,15,17H,2-5,8-9,11-14H2,1H3,(H,21,24). The molecule has 2 fully saturated rings. The molecule has 0 radical (unpaired) electrons. The molecule has 25 heavy (non-hydrogen) atoms. The molecule has 1 saturated carbocycles. The summed E-state index contributed by atoms with van der Waals surface area (Å²) in [4.78, 5) is 28.7. The number of rotatable bonds is 2. The molecule has 3 rings (SSSR count). The lowest BCUT2D eigenvalue weighted by atomic mass is 10.1. The Labute approximate surface area is 150 Å². The van der Waals surface area contributed by atoms with Crippen LogP contribution in [0.1, 0.15) is 44.1 Å². The molecule has 0 unspecified atom stereocenters. The highest BCUT2D eigenvalue weighted by Gasteiger charge is 2.27. The first kappa shape index (κ1) is 17.8. The van der Waals surface area contributed by atoms with Gasteiger partial charge in [-0.3, -0.25) is 9.59 Å². The normalized spacial score (nSPS) is 19.4. The third-order valence-corrected chi connectivity index (χ3v) is 5.32. The molecule has 2 aliphatic rings. The van der Waals surface area contributed by atoms with Crippen LogP contribution in [-0.4, -0.2) is 48.9 Å². The summed E-state index contributed by atoms with van der Waals surface area (Å²) in [6.07, 6.45) is 6.77. The van der Waals surface area contributed by atoms with Gasteiger partial charge in [0.15, 0.2) is 0 Å². The Balaban J connectivity index is 1.49. The van der Waals surface area contributed by atoms with Gasteiger partial charge in [0, 0.05) is 37.9 Å². The van der Waals surface area contributed by atoms with Gasteiger partial charge in [-0.2, -0.15) is 0 Å². The van der Waals surface area contributed by atoms with Crippen molar-refractivity contribution in [3.05, 3.63) is 29.8 Å². The average Bonchev–Trinajstić information content (AvgIpc) is 2.90. The van der Waals surface area contributed by atoms with Crippen molar-refractivity contribution < 1.29 is 9.59 Å². The van der Waals surface area contributed by atoms with Crippen molar-refractivity contribution in [3.63, 3.8) is 0 Å². The van der Waals surface area contributed by atoms with Crippen LogP contribution in [0.3, 0.4) is 0 Å². The van der Waals surface area contributed by atoms with E-state index in [4.69, 9.17) is 0 Å². The van der Waals surface area contributed by atoms with E-state index < -0.39 is 5.91 Å². The van der Waals surface area contributed by atoms with Gasteiger partial charge < -0.3 is 15.1 Å². The number of benzene rings is 1. The van der Waals surface area contributed by atoms with Crippen LogP contribution >= 0.6 is 0 Å². The fourth-order valence-corrected chi connectivity index (χ4v) is 3.81. The number of aryl methyl sites for hydroxylation is 1. The number of hydrogen-bond acceptors (Lipinski definition) is 3. The topological polar surface area (TPSA) is 52.7 Å². The zero-order valence-electron chi connectivity index (χ0n) is 15.2. The molecule has 5 nitrogen and oxygen atoms in total. The first-order chi connectivity index (χ1) is 12.1. The van der Waals surface area contributed by atoms with Gasteiger partial charge in [-0.05, 0) is 37.5 Å². The SMILES string of the molecule is Cc1cccc(N2CCN(C(=O)C(=O)NC3CCCCCC3)CC2)c1. The molecule has 1 N–H and O–H groups in total. The second kappa shape index (κ2) is 8.37. The van der Waals surface area contributed by atoms with Gasteiger partial charge in [-0.1, -0.05) is 37.8 Å². The summed E-state index contributed by atoms with van der Waals surface area (Å²) >= 11 is 0. The fraction of sp³-hybridized carbons (Fsp3) is 0.600. The molecule has 0 spiro atoms. The maximum atomic E-state index is 12.5. The Morgan fingerprint density at radius 3 is 2.32 bits per heavy atom. The molecule has 1 aliphatic carbocycles. The van der Waals surface area contributed by atoms with Gasteiger partial charge >= 0.3 is 11.8 Å². The molecular formula is C20H29N3O2. The predicted molar refractivity (Wildman–Crippen MR) is 99.6 cm³/mol. The van der Waals surface area contributed by atoms with Crippen LogP contribution in [-0.2, 0) is 9.59 Å². The van der Waals surface area contributed by atoms with E-state index in [1.165, 1.54) is 24.1 Å². The number of piperazine rings is 1. The molecule has 5 heteroatoms. The van der Waals surface area contributed by atoms with Crippen LogP contribution in [0.25, 0.3) is 0 Å². The van der Waals surface area contributed by atoms with Crippen LogP contribution in [0.4, 0.5) is 5.69 Å². The minimum Gasteiger partial charge on any atom is -0.368 e. The number of nitrogens with one attached hydrogen (secondary N) is 1. The smallest absolute Gasteiger partial charge is 0.312 e. The number of carbonyl (C=O) groups is 2. The molecule has 0 atom stereocenters. The first-order valence-electron chi connectivity index (χ1n) is 9.55. The molecule has 2 amide bonds. The maximum Gasteiger partial charge on any atom is 0.312 e. The van der Waals surface area contributed by atoms with Crippen molar-refractivity contribution in [2.24, 2.45) is 0 Å². The molecule has 1 saturated heterocycles. The predicted octanol–water partition coefficient (Wildman–Crippen LogP) is 2.48. The molecule has 1 aromatic carbocycles. The lowest BCUT2D eigenvalue weighted by molar-refractivity contribution is -0.146. The van der Waals surface area contributed by atoms with E-state index in [0.29, 0.717) is 13.1 Å². The largest absolute Gasteiger partial charge is 0.368 e. The van der Waals surface area contributed by atoms with Crippen molar-refractivity contribution >= 4 is 17.5 Å². The number of carbonyl (C=O) groups excluding carboxylic acids is 2. The van der Waals surface area contributed by atoms with E-state index in [0.717, 1.165) is 38.8 Å². The van der Waals surface area contributed by atoms with Gasteiger partial charge in [0.2, 0.25) is 0 Å². The van der Waals surface area contributed by atoms with Gasteiger partial charge in [0.1, 0.15) is 0 Å². The van der Waals surface area contributed by atoms with Crippen LogP contribution < -0.4 is 10.2 Å². The maximum absolute atomic E-state index is 12.5. The Morgan fingerprint density at radius 1 is 1.00 bits per heavy atom. The molecule has 1 heterocycles. The lowest BCUT2D eigenvalue weighted by Gasteiger charge is -2.36. The summed E-state index contributed by atoms with van der Waals surface area (Å²) < 4.78 is 0. The highest BCUT2D eigenvalue weighted by molar-refractivity contribution is 6.35. The Kier molecular flexibility index (Phi) is 5.95. The average molecular weight is 343 g/mol. The van der Waals surface area contributed by atoms with Crippen LogP contribution in [0.15, 0.2) is 24.3 Å². The van der Waals surface area contributed by atoms with E-state index in [1.54, 1.807) is 4.90 Å². The van der Waals surface area contributed by atoms with Gasteiger partial charge in [-0.15, -0.1) is 0 Å². The summed E-state index contributed by atoms with van der Waals surface area (Å²) in [5, 5.41) is 2.96. The minimum absolute atomic E-state index is 0.174. The van der Waals surface area contributed by atoms with Crippen molar-refractivity contribution in [2.75, 3.05) is 31.1 Å². The third-order valence-electron chi connectivity index (χ3n) is 5.32. The summed E-state index contributed by atoms with van der Waals surface area (Å²) in [5.74, 6) is -0.788. The number of nitrogens with zero attached hydrogens (tertiary/aromatic N) is 2. The van der Waals surface area contributed by atoms with Crippen molar-refractivity contribution in [1.29, 1.82) is 0 Å². The molecule has 1 aromatic rings. The molecule has 1 aliphatic heterocycles. The fourth-order valence-electron chi connectivity index (χ4n) is 3.81. The monoisotopic (exact) mass is 343 g/mol. The van der Waals surface area contributed by atoms with E-state index in [9.17, 15) is 9.59 Å². The lowest BCUT2D eigenvalue weighted by Crippen LogP contribution is -2.53. The van der Waals surface area contributed by atoms with E-state index in [-0.39, 0.29) is 11.9 Å². The van der Waals surface area contributed by atoms with Crippen molar-refractivity contribution in [3.8, 4) is 0 Å². The summed E-state index contributed by atoms with van der Waals surface area (Å²) in [6, 6.07) is 8.58. The van der Waals surface area contributed by atoms with Crippen LogP contribution in [0.5, 0.6) is 0 Å². The van der Waals surface area contributed by atoms with E-state index >= 15 is 0 Å². The molecule has 136 valence electrons. The number of hydrogen-bond donors (Lipinski definition) is 1. The molecule has 0 aromatic heterocycles. The van der Waals surface area contributed by atoms with E-state index in [1.807, 2.05) is 0 Å². The Hall–Kier alpha value is -2.04. The number of anilines is 1. The minimum atomic E-state index is -0.420. The highest BCUT2D eigenvalue weighted by Crippen LogP contribution is 2.19. The highest BCUT2D eigenvalue weighted by atomic mass is 16.2. The summed E-state index contributed by atoms with van der Waals surface area (Å²) in [6.45, 7) is 4.83. The third kappa shape index (κ3) is 4.74. The number of amides is 2. The van der Waals surface area contributed by atoms with Crippen molar-refractivity contribution in [2.45, 2.75) is 51.5 Å². The quantitative estimate of drug-likeness (QED) is 0.663. The van der Waals surface area contributed by atoms with Crippen molar-refractivity contribution in [1.82, 2.24) is 10.2 Å². The molecular weight excluding hydrogens is 314 g/mol.